The molecule has 3 nitrogen and oxygen atoms in total. The van der Waals surface area contributed by atoms with E-state index in [2.05, 4.69) is 4.98 Å². The number of nitrogens with zero attached hydrogens (tertiary/aromatic N) is 3. The number of benzene rings is 1. The quantitative estimate of drug-likeness (QED) is 0.811. The predicted molar refractivity (Wildman–Crippen MR) is 61.8 cm³/mol. The van der Waals surface area contributed by atoms with Crippen LogP contribution < -0.4 is 0 Å². The smallest absolute Gasteiger partial charge is 0.145 e. The van der Waals surface area contributed by atoms with Crippen molar-refractivity contribution >= 4 is 0 Å². The maximum atomic E-state index is 13.8. The molecule has 0 amide bonds. The number of halogens is 1. The van der Waals surface area contributed by atoms with E-state index in [0.29, 0.717) is 12.1 Å². The summed E-state index contributed by atoms with van der Waals surface area (Å²) in [5, 5.41) is 8.76. The lowest BCUT2D eigenvalue weighted by molar-refractivity contribution is 0.591. The van der Waals surface area contributed by atoms with Crippen molar-refractivity contribution in [3.63, 3.8) is 0 Å². The molecule has 0 aliphatic carbocycles. The number of imidazole rings is 1. The number of rotatable bonds is 3. The van der Waals surface area contributed by atoms with Gasteiger partial charge in [-0.1, -0.05) is 19.1 Å². The van der Waals surface area contributed by atoms with E-state index in [1.54, 1.807) is 18.3 Å². The van der Waals surface area contributed by atoms with Crippen LogP contribution >= 0.6 is 0 Å². The molecule has 0 saturated heterocycles. The largest absolute Gasteiger partial charge is 0.330 e. The molecule has 0 N–H and O–H groups in total. The summed E-state index contributed by atoms with van der Waals surface area (Å²) >= 11 is 0. The zero-order valence-electron chi connectivity index (χ0n) is 9.52. The van der Waals surface area contributed by atoms with Gasteiger partial charge in [-0.2, -0.15) is 5.26 Å². The Morgan fingerprint density at radius 2 is 2.29 bits per heavy atom. The summed E-state index contributed by atoms with van der Waals surface area (Å²) in [4.78, 5) is 4.18. The highest BCUT2D eigenvalue weighted by molar-refractivity contribution is 5.35. The summed E-state index contributed by atoms with van der Waals surface area (Å²) in [6, 6.07) is 6.71. The Labute approximate surface area is 99.1 Å². The Balaban J connectivity index is 2.34. The lowest BCUT2D eigenvalue weighted by Crippen LogP contribution is -2.05. The van der Waals surface area contributed by atoms with Crippen LogP contribution in [0, 0.1) is 17.1 Å². The zero-order chi connectivity index (χ0) is 12.3. The van der Waals surface area contributed by atoms with Gasteiger partial charge in [-0.05, 0) is 6.07 Å². The highest BCUT2D eigenvalue weighted by Crippen LogP contribution is 2.14. The van der Waals surface area contributed by atoms with Gasteiger partial charge in [0.1, 0.15) is 17.7 Å². The van der Waals surface area contributed by atoms with Gasteiger partial charge in [0.15, 0.2) is 0 Å². The Morgan fingerprint density at radius 3 is 3.00 bits per heavy atom. The maximum Gasteiger partial charge on any atom is 0.145 e. The summed E-state index contributed by atoms with van der Waals surface area (Å²) in [7, 11) is 0. The van der Waals surface area contributed by atoms with Gasteiger partial charge in [0.05, 0.1) is 12.1 Å². The van der Waals surface area contributed by atoms with E-state index < -0.39 is 5.82 Å². The third-order valence-corrected chi connectivity index (χ3v) is 2.66. The van der Waals surface area contributed by atoms with Gasteiger partial charge in [0.2, 0.25) is 0 Å². The molecule has 1 aromatic carbocycles. The molecule has 0 saturated carbocycles. The van der Waals surface area contributed by atoms with Crippen molar-refractivity contribution < 1.29 is 4.39 Å². The average Bonchev–Trinajstić information content (AvgIpc) is 2.79. The normalized spacial score (nSPS) is 10.2. The number of nitriles is 1. The fourth-order valence-corrected chi connectivity index (χ4v) is 1.77. The second kappa shape index (κ2) is 4.79. The molecule has 4 heteroatoms. The monoisotopic (exact) mass is 229 g/mol. The van der Waals surface area contributed by atoms with Crippen molar-refractivity contribution in [2.45, 2.75) is 19.9 Å². The van der Waals surface area contributed by atoms with E-state index >= 15 is 0 Å². The minimum Gasteiger partial charge on any atom is -0.330 e. The van der Waals surface area contributed by atoms with Gasteiger partial charge in [-0.25, -0.2) is 9.37 Å². The molecular formula is C13H12FN3. The molecule has 0 fully saturated rings. The minimum atomic E-state index is -0.439. The third kappa shape index (κ3) is 2.18. The van der Waals surface area contributed by atoms with Crippen molar-refractivity contribution in [2.75, 3.05) is 0 Å². The van der Waals surface area contributed by atoms with Gasteiger partial charge < -0.3 is 4.57 Å². The van der Waals surface area contributed by atoms with E-state index in [-0.39, 0.29) is 5.56 Å². The topological polar surface area (TPSA) is 41.6 Å². The van der Waals surface area contributed by atoms with Crippen LogP contribution in [0.5, 0.6) is 0 Å². The van der Waals surface area contributed by atoms with Crippen molar-refractivity contribution in [3.05, 3.63) is 53.4 Å². The molecule has 0 unspecified atom stereocenters. The molecule has 0 atom stereocenters. The summed E-state index contributed by atoms with van der Waals surface area (Å²) in [6.07, 6.45) is 4.31. The van der Waals surface area contributed by atoms with Gasteiger partial charge in [0.25, 0.3) is 0 Å². The second-order valence-corrected chi connectivity index (χ2v) is 3.72. The van der Waals surface area contributed by atoms with Gasteiger partial charge >= 0.3 is 0 Å². The first-order chi connectivity index (χ1) is 8.26. The van der Waals surface area contributed by atoms with Crippen molar-refractivity contribution in [1.82, 2.24) is 9.55 Å². The first kappa shape index (κ1) is 11.3. The highest BCUT2D eigenvalue weighted by Gasteiger charge is 2.09. The zero-order valence-corrected chi connectivity index (χ0v) is 9.52. The number of hydrogen-bond donors (Lipinski definition) is 0. The standard InChI is InChI=1S/C13H12FN3/c1-2-12-16-6-7-17(12)9-11-5-3-4-10(8-15)13(11)14/h3-7H,2,9H2,1H3. The molecule has 2 aromatic rings. The number of aromatic nitrogens is 2. The maximum absolute atomic E-state index is 13.8. The molecule has 0 aliphatic rings. The molecule has 0 spiro atoms. The van der Waals surface area contributed by atoms with Crippen LogP contribution in [0.1, 0.15) is 23.9 Å². The molecule has 0 aliphatic heterocycles. The first-order valence-corrected chi connectivity index (χ1v) is 5.43. The fourth-order valence-electron chi connectivity index (χ4n) is 1.77. The SMILES string of the molecule is CCc1nccn1Cc1cccc(C#N)c1F. The Kier molecular flexibility index (Phi) is 3.20. The minimum absolute atomic E-state index is 0.0839. The summed E-state index contributed by atoms with van der Waals surface area (Å²) in [5.41, 5.74) is 0.595. The molecular weight excluding hydrogens is 217 g/mol. The van der Waals surface area contributed by atoms with Crippen LogP contribution in [0.3, 0.4) is 0 Å². The van der Waals surface area contributed by atoms with E-state index in [9.17, 15) is 4.39 Å². The molecule has 17 heavy (non-hydrogen) atoms. The fraction of sp³-hybridized carbons (Fsp3) is 0.231. The second-order valence-electron chi connectivity index (χ2n) is 3.72. The summed E-state index contributed by atoms with van der Waals surface area (Å²) < 4.78 is 15.7. The molecule has 1 heterocycles. The van der Waals surface area contributed by atoms with Crippen LogP contribution in [0.2, 0.25) is 0 Å². The van der Waals surface area contributed by atoms with Gasteiger partial charge in [0, 0.05) is 24.4 Å². The van der Waals surface area contributed by atoms with Crippen LogP contribution in [-0.4, -0.2) is 9.55 Å². The van der Waals surface area contributed by atoms with Crippen LogP contribution in [0.4, 0.5) is 4.39 Å². The molecule has 1 aromatic heterocycles. The Morgan fingerprint density at radius 1 is 1.47 bits per heavy atom. The summed E-state index contributed by atoms with van der Waals surface area (Å²) in [6.45, 7) is 2.41. The Bertz CT molecular complexity index is 566. The number of aryl methyl sites for hydroxylation is 1. The average molecular weight is 229 g/mol. The van der Waals surface area contributed by atoms with E-state index in [0.717, 1.165) is 12.2 Å². The first-order valence-electron chi connectivity index (χ1n) is 5.43. The van der Waals surface area contributed by atoms with Crippen molar-refractivity contribution in [1.29, 1.82) is 5.26 Å². The van der Waals surface area contributed by atoms with Crippen LogP contribution in [0.25, 0.3) is 0 Å². The van der Waals surface area contributed by atoms with Crippen molar-refractivity contribution in [3.8, 4) is 6.07 Å². The molecule has 86 valence electrons. The molecule has 2 rings (SSSR count). The lowest BCUT2D eigenvalue weighted by Gasteiger charge is -2.08. The van der Waals surface area contributed by atoms with E-state index in [1.807, 2.05) is 23.8 Å². The van der Waals surface area contributed by atoms with Gasteiger partial charge in [-0.3, -0.25) is 0 Å². The third-order valence-electron chi connectivity index (χ3n) is 2.66. The molecule has 0 radical (unpaired) electrons. The molecule has 0 bridgehead atoms. The van der Waals surface area contributed by atoms with E-state index in [1.165, 1.54) is 6.07 Å². The van der Waals surface area contributed by atoms with Crippen LogP contribution in [-0.2, 0) is 13.0 Å². The summed E-state index contributed by atoms with van der Waals surface area (Å²) in [5.74, 6) is 0.470. The van der Waals surface area contributed by atoms with E-state index in [4.69, 9.17) is 5.26 Å². The van der Waals surface area contributed by atoms with Crippen LogP contribution in [0.15, 0.2) is 30.6 Å². The highest BCUT2D eigenvalue weighted by atomic mass is 19.1. The number of hydrogen-bond acceptors (Lipinski definition) is 2. The Hall–Kier alpha value is -2.15. The lowest BCUT2D eigenvalue weighted by atomic mass is 10.1. The van der Waals surface area contributed by atoms with Crippen molar-refractivity contribution in [2.24, 2.45) is 0 Å². The predicted octanol–water partition coefficient (Wildman–Crippen LogP) is 2.50. The van der Waals surface area contributed by atoms with Gasteiger partial charge in [-0.15, -0.1) is 0 Å².